The molecule has 0 atom stereocenters. The Kier molecular flexibility index (Phi) is 5.13. The molecule has 0 amide bonds. The fourth-order valence-electron chi connectivity index (χ4n) is 2.28. The Labute approximate surface area is 121 Å². The monoisotopic (exact) mass is 269 g/mol. The Hall–Kier alpha value is -1.87. The van der Waals surface area contributed by atoms with Gasteiger partial charge in [-0.15, -0.1) is 0 Å². The average molecular weight is 269 g/mol. The number of nitrogens with one attached hydrogen (secondary N) is 1. The molecule has 0 saturated heterocycles. The van der Waals surface area contributed by atoms with Crippen molar-refractivity contribution < 1.29 is 0 Å². The molecule has 0 aliphatic heterocycles. The van der Waals surface area contributed by atoms with Crippen LogP contribution in [0.5, 0.6) is 0 Å². The highest BCUT2D eigenvalue weighted by atomic mass is 15.2. The molecule has 1 N–H and O–H groups in total. The lowest BCUT2D eigenvalue weighted by Gasteiger charge is -2.20. The van der Waals surface area contributed by atoms with Crippen molar-refractivity contribution in [3.63, 3.8) is 0 Å². The molecule has 3 nitrogen and oxygen atoms in total. The van der Waals surface area contributed by atoms with Gasteiger partial charge in [0, 0.05) is 25.0 Å². The number of rotatable bonds is 6. The number of hydrogen-bond donors (Lipinski definition) is 1. The van der Waals surface area contributed by atoms with Crippen molar-refractivity contribution in [1.82, 2.24) is 10.3 Å². The molecule has 20 heavy (non-hydrogen) atoms. The molecule has 0 bridgehead atoms. The quantitative estimate of drug-likeness (QED) is 0.869. The van der Waals surface area contributed by atoms with Crippen molar-refractivity contribution >= 4 is 11.5 Å². The minimum absolute atomic E-state index is 0.870. The molecule has 2 rings (SSSR count). The van der Waals surface area contributed by atoms with Crippen LogP contribution in [0.4, 0.5) is 11.5 Å². The minimum Gasteiger partial charge on any atom is -0.329 e. The van der Waals surface area contributed by atoms with E-state index in [9.17, 15) is 0 Å². The third kappa shape index (κ3) is 3.58. The lowest BCUT2D eigenvalue weighted by atomic mass is 10.1. The number of hydrogen-bond acceptors (Lipinski definition) is 3. The maximum Gasteiger partial charge on any atom is 0.133 e. The van der Waals surface area contributed by atoms with Crippen molar-refractivity contribution in [1.29, 1.82) is 0 Å². The van der Waals surface area contributed by atoms with Gasteiger partial charge in [0.15, 0.2) is 0 Å². The molecular weight excluding hydrogens is 246 g/mol. The largest absolute Gasteiger partial charge is 0.329 e. The summed E-state index contributed by atoms with van der Waals surface area (Å²) in [5.74, 6) is 1.01. The summed E-state index contributed by atoms with van der Waals surface area (Å²) in [6.07, 6.45) is 2.14. The van der Waals surface area contributed by atoms with Gasteiger partial charge in [0.25, 0.3) is 0 Å². The number of anilines is 2. The Morgan fingerprint density at radius 2 is 1.90 bits per heavy atom. The molecule has 0 saturated carbocycles. The van der Waals surface area contributed by atoms with E-state index in [0.717, 1.165) is 36.6 Å². The van der Waals surface area contributed by atoms with E-state index in [1.54, 1.807) is 0 Å². The summed E-state index contributed by atoms with van der Waals surface area (Å²) in [7, 11) is 4.04. The van der Waals surface area contributed by atoms with Crippen LogP contribution in [0.2, 0.25) is 0 Å². The first kappa shape index (κ1) is 14.5. The molecule has 0 aliphatic carbocycles. The predicted octanol–water partition coefficient (Wildman–Crippen LogP) is 3.52. The number of para-hydroxylation sites is 1. The van der Waals surface area contributed by atoms with E-state index < -0.39 is 0 Å². The molecule has 0 spiro atoms. The fraction of sp³-hybridized carbons (Fsp3) is 0.353. The molecule has 0 radical (unpaired) electrons. The first-order valence-corrected chi connectivity index (χ1v) is 7.17. The molecule has 1 heterocycles. The molecule has 1 aromatic carbocycles. The van der Waals surface area contributed by atoms with Crippen molar-refractivity contribution in [2.75, 3.05) is 19.0 Å². The number of nitrogens with zero attached hydrogens (tertiary/aromatic N) is 2. The van der Waals surface area contributed by atoms with Gasteiger partial charge in [0.1, 0.15) is 5.82 Å². The Bertz CT molecular complexity index is 513. The highest BCUT2D eigenvalue weighted by Gasteiger charge is 2.08. The summed E-state index contributed by atoms with van der Waals surface area (Å²) in [6, 6.07) is 14.7. The smallest absolute Gasteiger partial charge is 0.133 e. The normalized spacial score (nSPS) is 10.6. The molecule has 3 heteroatoms. The molecule has 0 unspecified atom stereocenters. The zero-order valence-electron chi connectivity index (χ0n) is 12.6. The van der Waals surface area contributed by atoms with Crippen LogP contribution in [0.25, 0.3) is 0 Å². The topological polar surface area (TPSA) is 28.2 Å². The third-order valence-electron chi connectivity index (χ3n) is 3.30. The Morgan fingerprint density at radius 3 is 2.55 bits per heavy atom. The van der Waals surface area contributed by atoms with Crippen LogP contribution in [0.1, 0.15) is 24.6 Å². The van der Waals surface area contributed by atoms with Gasteiger partial charge in [-0.3, -0.25) is 0 Å². The summed E-state index contributed by atoms with van der Waals surface area (Å²) >= 11 is 0. The van der Waals surface area contributed by atoms with E-state index in [0.29, 0.717) is 0 Å². The van der Waals surface area contributed by atoms with E-state index in [1.807, 2.05) is 13.1 Å². The molecule has 1 aromatic heterocycles. The maximum atomic E-state index is 4.78. The maximum absolute atomic E-state index is 4.78. The number of aryl methyl sites for hydroxylation is 1. The van der Waals surface area contributed by atoms with E-state index in [-0.39, 0.29) is 0 Å². The standard InChI is InChI=1S/C17H23N3/c1-4-8-15-11-14(13-18-2)12-17(19-15)20(3)16-9-6-5-7-10-16/h5-7,9-12,18H,4,8,13H2,1-3H3. The van der Waals surface area contributed by atoms with Crippen LogP contribution < -0.4 is 10.2 Å². The fourth-order valence-corrected chi connectivity index (χ4v) is 2.28. The zero-order valence-corrected chi connectivity index (χ0v) is 12.6. The van der Waals surface area contributed by atoms with Crippen LogP contribution in [0, 0.1) is 0 Å². The summed E-state index contributed by atoms with van der Waals surface area (Å²) in [4.78, 5) is 6.92. The van der Waals surface area contributed by atoms with Gasteiger partial charge in [0.05, 0.1) is 0 Å². The van der Waals surface area contributed by atoms with E-state index >= 15 is 0 Å². The summed E-state index contributed by atoms with van der Waals surface area (Å²) in [6.45, 7) is 3.06. The zero-order chi connectivity index (χ0) is 14.4. The van der Waals surface area contributed by atoms with E-state index in [2.05, 4.69) is 60.6 Å². The first-order chi connectivity index (χ1) is 9.74. The molecule has 106 valence electrons. The SMILES string of the molecule is CCCc1cc(CNC)cc(N(C)c2ccccc2)n1. The van der Waals surface area contributed by atoms with Crippen molar-refractivity contribution in [3.8, 4) is 0 Å². The summed E-state index contributed by atoms with van der Waals surface area (Å²) in [5.41, 5.74) is 3.60. The Balaban J connectivity index is 2.34. The van der Waals surface area contributed by atoms with Crippen molar-refractivity contribution in [2.24, 2.45) is 0 Å². The lowest BCUT2D eigenvalue weighted by Crippen LogP contribution is -2.14. The number of pyridine rings is 1. The van der Waals surface area contributed by atoms with Crippen LogP contribution in [-0.2, 0) is 13.0 Å². The van der Waals surface area contributed by atoms with Gasteiger partial charge < -0.3 is 10.2 Å². The second-order valence-corrected chi connectivity index (χ2v) is 5.00. The molecule has 2 aromatic rings. The predicted molar refractivity (Wildman–Crippen MR) is 85.5 cm³/mol. The molecular formula is C17H23N3. The van der Waals surface area contributed by atoms with Gasteiger partial charge in [0.2, 0.25) is 0 Å². The van der Waals surface area contributed by atoms with Gasteiger partial charge in [-0.25, -0.2) is 4.98 Å². The lowest BCUT2D eigenvalue weighted by molar-refractivity contribution is 0.804. The van der Waals surface area contributed by atoms with Gasteiger partial charge in [-0.05, 0) is 43.3 Å². The van der Waals surface area contributed by atoms with Crippen LogP contribution in [0.15, 0.2) is 42.5 Å². The second-order valence-electron chi connectivity index (χ2n) is 5.00. The first-order valence-electron chi connectivity index (χ1n) is 7.17. The summed E-state index contributed by atoms with van der Waals surface area (Å²) in [5, 5.41) is 3.21. The highest BCUT2D eigenvalue weighted by molar-refractivity contribution is 5.59. The van der Waals surface area contributed by atoms with Crippen molar-refractivity contribution in [3.05, 3.63) is 53.7 Å². The van der Waals surface area contributed by atoms with Crippen molar-refractivity contribution in [2.45, 2.75) is 26.3 Å². The third-order valence-corrected chi connectivity index (χ3v) is 3.30. The van der Waals surface area contributed by atoms with E-state index in [1.165, 1.54) is 5.56 Å². The Morgan fingerprint density at radius 1 is 1.15 bits per heavy atom. The van der Waals surface area contributed by atoms with Gasteiger partial charge in [-0.1, -0.05) is 31.5 Å². The van der Waals surface area contributed by atoms with Gasteiger partial charge in [-0.2, -0.15) is 0 Å². The highest BCUT2D eigenvalue weighted by Crippen LogP contribution is 2.23. The van der Waals surface area contributed by atoms with Crippen LogP contribution in [-0.4, -0.2) is 19.1 Å². The molecule has 0 aliphatic rings. The van der Waals surface area contributed by atoms with Crippen LogP contribution in [0.3, 0.4) is 0 Å². The number of aromatic nitrogens is 1. The van der Waals surface area contributed by atoms with Gasteiger partial charge >= 0.3 is 0 Å². The average Bonchev–Trinajstić information content (AvgIpc) is 2.48. The minimum atomic E-state index is 0.870. The van der Waals surface area contributed by atoms with Crippen LogP contribution >= 0.6 is 0 Å². The number of benzene rings is 1. The summed E-state index contributed by atoms with van der Waals surface area (Å²) < 4.78 is 0. The van der Waals surface area contributed by atoms with E-state index in [4.69, 9.17) is 4.98 Å². The molecule has 0 fully saturated rings. The second kappa shape index (κ2) is 7.06.